The van der Waals surface area contributed by atoms with Crippen molar-refractivity contribution >= 4 is 7.48 Å². The van der Waals surface area contributed by atoms with Crippen LogP contribution < -0.4 is 14.7 Å². The van der Waals surface area contributed by atoms with Crippen molar-refractivity contribution < 1.29 is 9.39 Å². The van der Waals surface area contributed by atoms with Crippen LogP contribution in [0.2, 0.25) is 6.32 Å². The monoisotopic (exact) mass is 219 g/mol. The molecule has 0 spiro atoms. The van der Waals surface area contributed by atoms with Crippen LogP contribution in [0.5, 0.6) is 11.5 Å². The molecule has 0 saturated heterocycles. The minimum atomic E-state index is 0.552. The molecule has 3 nitrogen and oxygen atoms in total. The summed E-state index contributed by atoms with van der Waals surface area (Å²) >= 11 is 0. The largest absolute Gasteiger partial charge is 0.564 e. The Labute approximate surface area is 97.4 Å². The number of rotatable bonds is 4. The fourth-order valence-electron chi connectivity index (χ4n) is 1.95. The molecule has 1 aromatic carbocycles. The van der Waals surface area contributed by atoms with Crippen LogP contribution in [0.3, 0.4) is 0 Å². The van der Waals surface area contributed by atoms with Gasteiger partial charge in [-0.25, -0.2) is 0 Å². The van der Waals surface area contributed by atoms with Gasteiger partial charge >= 0.3 is 7.48 Å². The zero-order chi connectivity index (χ0) is 11.4. The normalized spacial score (nSPS) is 13.6. The zero-order valence-corrected chi connectivity index (χ0v) is 10.0. The smallest absolute Gasteiger partial charge is 0.340 e. The number of fused-ring (bicyclic) bond motifs is 1. The van der Waals surface area contributed by atoms with E-state index in [1.807, 2.05) is 6.07 Å². The Morgan fingerprint density at radius 2 is 2.38 bits per heavy atom. The van der Waals surface area contributed by atoms with Crippen molar-refractivity contribution in [3.63, 3.8) is 0 Å². The summed E-state index contributed by atoms with van der Waals surface area (Å²) in [6.07, 6.45) is 2.23. The highest BCUT2D eigenvalue weighted by Gasteiger charge is 2.16. The molecular weight excluding hydrogens is 201 g/mol. The maximum absolute atomic E-state index is 5.70. The number of aryl methyl sites for hydroxylation is 1. The molecule has 1 aliphatic heterocycles. The first kappa shape index (κ1) is 11.3. The van der Waals surface area contributed by atoms with Crippen molar-refractivity contribution in [3.8, 4) is 11.5 Å². The van der Waals surface area contributed by atoms with E-state index in [0.717, 1.165) is 43.8 Å². The van der Waals surface area contributed by atoms with Crippen molar-refractivity contribution in [2.24, 2.45) is 0 Å². The van der Waals surface area contributed by atoms with Gasteiger partial charge in [-0.15, -0.1) is 0 Å². The third-order valence-corrected chi connectivity index (χ3v) is 2.85. The van der Waals surface area contributed by atoms with Gasteiger partial charge in [0.15, 0.2) is 0 Å². The van der Waals surface area contributed by atoms with Crippen LogP contribution in [0.25, 0.3) is 0 Å². The second-order valence-electron chi connectivity index (χ2n) is 4.02. The van der Waals surface area contributed by atoms with Crippen molar-refractivity contribution in [2.75, 3.05) is 13.3 Å². The van der Waals surface area contributed by atoms with Gasteiger partial charge in [-0.1, -0.05) is 13.0 Å². The lowest BCUT2D eigenvalue weighted by molar-refractivity contribution is 0.284. The average molecular weight is 219 g/mol. The highest BCUT2D eigenvalue weighted by atomic mass is 16.5. The van der Waals surface area contributed by atoms with Crippen molar-refractivity contribution in [1.82, 2.24) is 5.32 Å². The van der Waals surface area contributed by atoms with Crippen LogP contribution >= 0.6 is 0 Å². The van der Waals surface area contributed by atoms with E-state index in [4.69, 9.17) is 9.39 Å². The van der Waals surface area contributed by atoms with E-state index in [2.05, 4.69) is 25.2 Å². The maximum atomic E-state index is 5.70. The molecule has 86 valence electrons. The molecule has 16 heavy (non-hydrogen) atoms. The van der Waals surface area contributed by atoms with Crippen LogP contribution in [0.15, 0.2) is 12.1 Å². The van der Waals surface area contributed by atoms with E-state index in [-0.39, 0.29) is 0 Å². The van der Waals surface area contributed by atoms with E-state index >= 15 is 0 Å². The van der Waals surface area contributed by atoms with Gasteiger partial charge in [-0.2, -0.15) is 0 Å². The van der Waals surface area contributed by atoms with Gasteiger partial charge in [0.05, 0.1) is 0 Å². The first-order chi connectivity index (χ1) is 7.83. The molecule has 0 atom stereocenters. The highest BCUT2D eigenvalue weighted by Crippen LogP contribution is 2.34. The topological polar surface area (TPSA) is 30.5 Å². The van der Waals surface area contributed by atoms with E-state index in [1.165, 1.54) is 5.56 Å². The molecule has 2 rings (SSSR count). The third-order valence-electron chi connectivity index (χ3n) is 2.85. The molecule has 0 unspecified atom stereocenters. The zero-order valence-electron chi connectivity index (χ0n) is 10.0. The first-order valence-electron chi connectivity index (χ1n) is 5.91. The molecule has 0 fully saturated rings. The third kappa shape index (κ3) is 2.32. The molecular formula is C12H18BNO2. The summed E-state index contributed by atoms with van der Waals surface area (Å²) in [4.78, 5) is 0. The second-order valence-corrected chi connectivity index (χ2v) is 4.02. The van der Waals surface area contributed by atoms with Crippen molar-refractivity contribution in [1.29, 1.82) is 0 Å². The number of hydrogen-bond acceptors (Lipinski definition) is 3. The van der Waals surface area contributed by atoms with E-state index in [9.17, 15) is 0 Å². The van der Waals surface area contributed by atoms with Crippen LogP contribution in [0.1, 0.15) is 18.1 Å². The minimum absolute atomic E-state index is 0.552. The molecule has 1 aromatic rings. The Kier molecular flexibility index (Phi) is 3.72. The Bertz CT molecular complexity index is 368. The summed E-state index contributed by atoms with van der Waals surface area (Å²) in [6.45, 7) is 5.59. The Morgan fingerprint density at radius 3 is 3.19 bits per heavy atom. The second kappa shape index (κ2) is 5.26. The Hall–Kier alpha value is -1.16. The molecule has 1 N–H and O–H groups in total. The number of benzene rings is 1. The molecule has 0 aliphatic carbocycles. The summed E-state index contributed by atoms with van der Waals surface area (Å²) in [5.74, 6) is 1.95. The SMILES string of the molecule is CCNCOc1ccc2c(c1C)OBCC2. The van der Waals surface area contributed by atoms with Gasteiger partial charge in [0, 0.05) is 5.56 Å². The van der Waals surface area contributed by atoms with Crippen LogP contribution in [-0.2, 0) is 6.42 Å². The summed E-state index contributed by atoms with van der Waals surface area (Å²) in [6, 6.07) is 4.16. The summed E-state index contributed by atoms with van der Waals surface area (Å²) in [5, 5.41) is 3.14. The van der Waals surface area contributed by atoms with E-state index in [1.54, 1.807) is 0 Å². The molecule has 0 saturated carbocycles. The lowest BCUT2D eigenvalue weighted by Gasteiger charge is -2.21. The number of ether oxygens (including phenoxy) is 1. The molecule has 0 aromatic heterocycles. The summed E-state index contributed by atoms with van der Waals surface area (Å²) < 4.78 is 11.4. The highest BCUT2D eigenvalue weighted by molar-refractivity contribution is 6.29. The van der Waals surface area contributed by atoms with Crippen LogP contribution in [0, 0.1) is 6.92 Å². The van der Waals surface area contributed by atoms with Gasteiger partial charge < -0.3 is 9.39 Å². The summed E-state index contributed by atoms with van der Waals surface area (Å²) in [7, 11) is 0.824. The Balaban J connectivity index is 2.14. The predicted octanol–water partition coefficient (Wildman–Crippen LogP) is 1.65. The van der Waals surface area contributed by atoms with Crippen LogP contribution in [-0.4, -0.2) is 20.8 Å². The first-order valence-corrected chi connectivity index (χ1v) is 5.91. The fourth-order valence-corrected chi connectivity index (χ4v) is 1.95. The maximum Gasteiger partial charge on any atom is 0.340 e. The van der Waals surface area contributed by atoms with Gasteiger partial charge in [0.25, 0.3) is 0 Å². The average Bonchev–Trinajstić information content (AvgIpc) is 2.33. The molecule has 0 bridgehead atoms. The van der Waals surface area contributed by atoms with Gasteiger partial charge in [-0.05, 0) is 37.8 Å². The van der Waals surface area contributed by atoms with Crippen molar-refractivity contribution in [3.05, 3.63) is 23.3 Å². The van der Waals surface area contributed by atoms with Gasteiger partial charge in [-0.3, -0.25) is 5.32 Å². The predicted molar refractivity (Wildman–Crippen MR) is 66.6 cm³/mol. The van der Waals surface area contributed by atoms with Gasteiger partial charge in [0.1, 0.15) is 18.2 Å². The molecule has 1 aliphatic rings. The minimum Gasteiger partial charge on any atom is -0.564 e. The van der Waals surface area contributed by atoms with Crippen LogP contribution in [0.4, 0.5) is 0 Å². The standard InChI is InChI=1S/C12H18BNO2/c1-3-14-8-15-11-5-4-10-6-7-13-16-12(10)9(11)2/h4-5,13-14H,3,6-8H2,1-2H3. The Morgan fingerprint density at radius 1 is 1.50 bits per heavy atom. The lowest BCUT2D eigenvalue weighted by atomic mass is 9.85. The number of hydrogen-bond donors (Lipinski definition) is 1. The van der Waals surface area contributed by atoms with Gasteiger partial charge in [0.2, 0.25) is 0 Å². The summed E-state index contributed by atoms with van der Waals surface area (Å²) in [5.41, 5.74) is 2.43. The lowest BCUT2D eigenvalue weighted by Crippen LogP contribution is -2.20. The quantitative estimate of drug-likeness (QED) is 0.474. The van der Waals surface area contributed by atoms with E-state index in [0.29, 0.717) is 6.73 Å². The van der Waals surface area contributed by atoms with E-state index < -0.39 is 0 Å². The number of nitrogens with one attached hydrogen (secondary N) is 1. The van der Waals surface area contributed by atoms with Crippen molar-refractivity contribution in [2.45, 2.75) is 26.6 Å². The molecule has 0 radical (unpaired) electrons. The molecule has 1 heterocycles. The molecule has 4 heteroatoms. The molecule has 0 amide bonds. The fraction of sp³-hybridized carbons (Fsp3) is 0.500.